The standard InChI is InChI=1S/C18H18ClN3O/c1-2-21(12-14-6-8-15(19)9-7-14)13-16-11-18(23)22-10-4-3-5-17(22)20-16/h3-11H,2,12-13H2,1H3. The number of benzene rings is 1. The molecule has 0 N–H and O–H groups in total. The molecule has 1 aromatic carbocycles. The highest BCUT2D eigenvalue weighted by Gasteiger charge is 2.08. The topological polar surface area (TPSA) is 37.6 Å². The molecule has 5 heteroatoms. The fraction of sp³-hybridized carbons (Fsp3) is 0.222. The van der Waals surface area contributed by atoms with Crippen molar-refractivity contribution >= 4 is 17.2 Å². The van der Waals surface area contributed by atoms with Crippen LogP contribution in [0.3, 0.4) is 0 Å². The number of hydrogen-bond acceptors (Lipinski definition) is 3. The lowest BCUT2D eigenvalue weighted by molar-refractivity contribution is 0.268. The highest BCUT2D eigenvalue weighted by Crippen LogP contribution is 2.13. The van der Waals surface area contributed by atoms with Crippen LogP contribution < -0.4 is 5.56 Å². The smallest absolute Gasteiger partial charge is 0.258 e. The van der Waals surface area contributed by atoms with Gasteiger partial charge in [-0.1, -0.05) is 36.7 Å². The number of rotatable bonds is 5. The van der Waals surface area contributed by atoms with Crippen molar-refractivity contribution in [3.63, 3.8) is 0 Å². The van der Waals surface area contributed by atoms with Gasteiger partial charge in [0.25, 0.3) is 5.56 Å². The van der Waals surface area contributed by atoms with Crippen LogP contribution in [0.4, 0.5) is 0 Å². The zero-order valence-electron chi connectivity index (χ0n) is 12.9. The Morgan fingerprint density at radius 1 is 1.13 bits per heavy atom. The Hall–Kier alpha value is -2.17. The fourth-order valence-corrected chi connectivity index (χ4v) is 2.67. The maximum absolute atomic E-state index is 12.2. The van der Waals surface area contributed by atoms with E-state index in [2.05, 4.69) is 16.8 Å². The predicted molar refractivity (Wildman–Crippen MR) is 92.7 cm³/mol. The molecule has 0 saturated heterocycles. The lowest BCUT2D eigenvalue weighted by atomic mass is 10.2. The predicted octanol–water partition coefficient (Wildman–Crippen LogP) is 3.37. The van der Waals surface area contributed by atoms with Crippen LogP contribution >= 0.6 is 11.6 Å². The number of halogens is 1. The minimum absolute atomic E-state index is 0.0480. The molecule has 2 aromatic heterocycles. The summed E-state index contributed by atoms with van der Waals surface area (Å²) in [6.07, 6.45) is 1.74. The normalized spacial score (nSPS) is 11.3. The Kier molecular flexibility index (Phi) is 4.74. The van der Waals surface area contributed by atoms with Gasteiger partial charge in [0.15, 0.2) is 0 Å². The van der Waals surface area contributed by atoms with Crippen LogP contribution in [0.15, 0.2) is 59.5 Å². The second kappa shape index (κ2) is 6.94. The number of fused-ring (bicyclic) bond motifs is 1. The molecule has 0 amide bonds. The zero-order valence-corrected chi connectivity index (χ0v) is 13.7. The first-order valence-corrected chi connectivity index (χ1v) is 7.97. The third kappa shape index (κ3) is 3.78. The van der Waals surface area contributed by atoms with E-state index in [0.717, 1.165) is 23.8 Å². The Morgan fingerprint density at radius 2 is 1.91 bits per heavy atom. The molecule has 0 bridgehead atoms. The molecule has 118 valence electrons. The maximum atomic E-state index is 12.2. The summed E-state index contributed by atoms with van der Waals surface area (Å²) < 4.78 is 1.55. The number of hydrogen-bond donors (Lipinski definition) is 0. The molecule has 0 saturated carbocycles. The third-order valence-electron chi connectivity index (χ3n) is 3.78. The van der Waals surface area contributed by atoms with Gasteiger partial charge in [-0.05, 0) is 36.4 Å². The highest BCUT2D eigenvalue weighted by molar-refractivity contribution is 6.30. The van der Waals surface area contributed by atoms with Gasteiger partial charge in [0, 0.05) is 30.4 Å². The Balaban J connectivity index is 1.81. The molecular weight excluding hydrogens is 310 g/mol. The lowest BCUT2D eigenvalue weighted by Gasteiger charge is -2.20. The first-order valence-electron chi connectivity index (χ1n) is 7.60. The van der Waals surface area contributed by atoms with Crippen LogP contribution in [0.2, 0.25) is 5.02 Å². The van der Waals surface area contributed by atoms with Crippen LogP contribution in [-0.4, -0.2) is 20.8 Å². The van der Waals surface area contributed by atoms with E-state index in [-0.39, 0.29) is 5.56 Å². The average molecular weight is 328 g/mol. The van der Waals surface area contributed by atoms with Crippen molar-refractivity contribution in [2.24, 2.45) is 0 Å². The molecule has 23 heavy (non-hydrogen) atoms. The summed E-state index contributed by atoms with van der Waals surface area (Å²) in [5, 5.41) is 0.737. The molecule has 4 nitrogen and oxygen atoms in total. The van der Waals surface area contributed by atoms with Crippen LogP contribution in [0.5, 0.6) is 0 Å². The van der Waals surface area contributed by atoms with E-state index in [4.69, 9.17) is 11.6 Å². The van der Waals surface area contributed by atoms with Gasteiger partial charge in [-0.15, -0.1) is 0 Å². The zero-order chi connectivity index (χ0) is 16.2. The van der Waals surface area contributed by atoms with Crippen LogP contribution in [-0.2, 0) is 13.1 Å². The molecule has 0 atom stereocenters. The van der Waals surface area contributed by atoms with E-state index in [1.54, 1.807) is 16.7 Å². The minimum Gasteiger partial charge on any atom is -0.294 e. The second-order valence-electron chi connectivity index (χ2n) is 5.44. The van der Waals surface area contributed by atoms with Crippen LogP contribution in [0, 0.1) is 0 Å². The van der Waals surface area contributed by atoms with Gasteiger partial charge < -0.3 is 0 Å². The molecule has 0 radical (unpaired) electrons. The third-order valence-corrected chi connectivity index (χ3v) is 4.03. The summed E-state index contributed by atoms with van der Waals surface area (Å²) in [5.74, 6) is 0. The Labute approximate surface area is 140 Å². The van der Waals surface area contributed by atoms with Crippen molar-refractivity contribution in [2.75, 3.05) is 6.54 Å². The van der Waals surface area contributed by atoms with Gasteiger partial charge in [0.2, 0.25) is 0 Å². The summed E-state index contributed by atoms with van der Waals surface area (Å²) in [7, 11) is 0. The van der Waals surface area contributed by atoms with E-state index in [1.165, 1.54) is 5.56 Å². The van der Waals surface area contributed by atoms with E-state index in [9.17, 15) is 4.79 Å². The molecular formula is C18H18ClN3O. The van der Waals surface area contributed by atoms with Gasteiger partial charge >= 0.3 is 0 Å². The van der Waals surface area contributed by atoms with Gasteiger partial charge in [0.05, 0.1) is 5.69 Å². The van der Waals surface area contributed by atoms with E-state index >= 15 is 0 Å². The Morgan fingerprint density at radius 3 is 2.65 bits per heavy atom. The fourth-order valence-electron chi connectivity index (χ4n) is 2.54. The number of nitrogens with zero attached hydrogens (tertiary/aromatic N) is 3. The molecule has 2 heterocycles. The quantitative estimate of drug-likeness (QED) is 0.721. The van der Waals surface area contributed by atoms with Crippen molar-refractivity contribution in [3.8, 4) is 0 Å². The van der Waals surface area contributed by atoms with Crippen LogP contribution in [0.25, 0.3) is 5.65 Å². The summed E-state index contributed by atoms with van der Waals surface area (Å²) >= 11 is 5.92. The molecule has 0 fully saturated rings. The first-order chi connectivity index (χ1) is 11.2. The SMILES string of the molecule is CCN(Cc1ccc(Cl)cc1)Cc1cc(=O)n2ccccc2n1. The largest absolute Gasteiger partial charge is 0.294 e. The van der Waals surface area contributed by atoms with E-state index < -0.39 is 0 Å². The van der Waals surface area contributed by atoms with Crippen molar-refractivity contribution < 1.29 is 0 Å². The average Bonchev–Trinajstić information content (AvgIpc) is 2.56. The van der Waals surface area contributed by atoms with Gasteiger partial charge in [-0.25, -0.2) is 4.98 Å². The highest BCUT2D eigenvalue weighted by atomic mass is 35.5. The van der Waals surface area contributed by atoms with Gasteiger partial charge in [-0.2, -0.15) is 0 Å². The Bertz CT molecular complexity index is 858. The van der Waals surface area contributed by atoms with Gasteiger partial charge in [0.1, 0.15) is 5.65 Å². The van der Waals surface area contributed by atoms with Crippen molar-refractivity contribution in [2.45, 2.75) is 20.0 Å². The second-order valence-corrected chi connectivity index (χ2v) is 5.88. The summed E-state index contributed by atoms with van der Waals surface area (Å²) in [4.78, 5) is 19.0. The van der Waals surface area contributed by atoms with Crippen molar-refractivity contribution in [3.05, 3.63) is 81.4 Å². The molecule has 3 aromatic rings. The first kappa shape index (κ1) is 15.7. The maximum Gasteiger partial charge on any atom is 0.258 e. The van der Waals surface area contributed by atoms with E-state index in [1.807, 2.05) is 42.5 Å². The lowest BCUT2D eigenvalue weighted by Crippen LogP contribution is -2.25. The van der Waals surface area contributed by atoms with E-state index in [0.29, 0.717) is 12.2 Å². The number of aromatic nitrogens is 2. The van der Waals surface area contributed by atoms with Crippen molar-refractivity contribution in [1.82, 2.24) is 14.3 Å². The van der Waals surface area contributed by atoms with Gasteiger partial charge in [-0.3, -0.25) is 14.1 Å². The molecule has 0 unspecified atom stereocenters. The molecule has 0 aliphatic heterocycles. The number of pyridine rings is 1. The summed E-state index contributed by atoms with van der Waals surface area (Å²) in [5.41, 5.74) is 2.61. The minimum atomic E-state index is -0.0480. The van der Waals surface area contributed by atoms with Crippen LogP contribution in [0.1, 0.15) is 18.2 Å². The summed E-state index contributed by atoms with van der Waals surface area (Å²) in [6, 6.07) is 15.0. The molecule has 3 rings (SSSR count). The molecule has 0 aliphatic carbocycles. The van der Waals surface area contributed by atoms with Crippen molar-refractivity contribution in [1.29, 1.82) is 0 Å². The molecule has 0 aliphatic rings. The summed E-state index contributed by atoms with van der Waals surface area (Å²) in [6.45, 7) is 4.41. The monoisotopic (exact) mass is 327 g/mol. The molecule has 0 spiro atoms.